The van der Waals surface area contributed by atoms with Crippen LogP contribution in [0.25, 0.3) is 0 Å². The van der Waals surface area contributed by atoms with Gasteiger partial charge in [-0.15, -0.1) is 0 Å². The van der Waals surface area contributed by atoms with Gasteiger partial charge in [0, 0.05) is 5.57 Å². The summed E-state index contributed by atoms with van der Waals surface area (Å²) in [5, 5.41) is 9.20. The van der Waals surface area contributed by atoms with Crippen molar-refractivity contribution in [2.45, 2.75) is 19.8 Å². The van der Waals surface area contributed by atoms with Gasteiger partial charge in [-0.3, -0.25) is 9.59 Å². The number of ketones is 2. The zero-order valence-electron chi connectivity index (χ0n) is 6.83. The summed E-state index contributed by atoms with van der Waals surface area (Å²) in [4.78, 5) is 22.0. The van der Waals surface area contributed by atoms with E-state index in [1.807, 2.05) is 6.92 Å². The number of hydrogen-bond acceptors (Lipinski definition) is 3. The summed E-state index contributed by atoms with van der Waals surface area (Å²) < 4.78 is 0. The summed E-state index contributed by atoms with van der Waals surface area (Å²) in [6.07, 6.45) is 3.50. The normalized spacial score (nSPS) is 17.4. The second kappa shape index (κ2) is 3.34. The van der Waals surface area contributed by atoms with Crippen LogP contribution in [0.15, 0.2) is 23.5 Å². The predicted octanol–water partition coefficient (Wildman–Crippen LogP) is 1.31. The summed E-state index contributed by atoms with van der Waals surface area (Å²) >= 11 is 0. The van der Waals surface area contributed by atoms with Crippen molar-refractivity contribution in [3.63, 3.8) is 0 Å². The second-order valence-corrected chi connectivity index (χ2v) is 2.64. The van der Waals surface area contributed by atoms with Crippen molar-refractivity contribution in [3.8, 4) is 0 Å². The van der Waals surface area contributed by atoms with E-state index in [1.54, 1.807) is 0 Å². The number of aliphatic hydroxyl groups is 1. The van der Waals surface area contributed by atoms with Crippen molar-refractivity contribution in [1.82, 2.24) is 0 Å². The minimum atomic E-state index is -0.474. The molecule has 0 atom stereocenters. The number of rotatable bonds is 2. The first kappa shape index (κ1) is 8.71. The van der Waals surface area contributed by atoms with Gasteiger partial charge < -0.3 is 5.11 Å². The molecule has 0 unspecified atom stereocenters. The van der Waals surface area contributed by atoms with Crippen molar-refractivity contribution in [2.24, 2.45) is 0 Å². The van der Waals surface area contributed by atoms with Crippen molar-refractivity contribution in [3.05, 3.63) is 23.5 Å². The fourth-order valence-electron chi connectivity index (χ4n) is 1.09. The molecule has 0 spiro atoms. The third-order valence-corrected chi connectivity index (χ3v) is 1.70. The minimum Gasteiger partial charge on any atom is -0.504 e. The monoisotopic (exact) mass is 166 g/mol. The summed E-state index contributed by atoms with van der Waals surface area (Å²) in [6.45, 7) is 1.89. The van der Waals surface area contributed by atoms with E-state index in [2.05, 4.69) is 0 Å². The van der Waals surface area contributed by atoms with E-state index in [1.165, 1.54) is 6.08 Å². The highest BCUT2D eigenvalue weighted by atomic mass is 16.3. The number of carbonyl (C=O) groups is 2. The predicted molar refractivity (Wildman–Crippen MR) is 43.7 cm³/mol. The molecule has 0 bridgehead atoms. The van der Waals surface area contributed by atoms with Gasteiger partial charge in [-0.05, 0) is 18.6 Å². The van der Waals surface area contributed by atoms with Gasteiger partial charge in [-0.1, -0.05) is 13.3 Å². The van der Waals surface area contributed by atoms with Gasteiger partial charge in [0.2, 0.25) is 5.78 Å². The van der Waals surface area contributed by atoms with Gasteiger partial charge in [0.15, 0.2) is 11.5 Å². The van der Waals surface area contributed by atoms with Gasteiger partial charge in [0.1, 0.15) is 0 Å². The van der Waals surface area contributed by atoms with Crippen LogP contribution in [-0.4, -0.2) is 16.7 Å². The number of hydrogen-bond donors (Lipinski definition) is 1. The van der Waals surface area contributed by atoms with E-state index in [9.17, 15) is 14.7 Å². The van der Waals surface area contributed by atoms with Crippen molar-refractivity contribution < 1.29 is 14.7 Å². The van der Waals surface area contributed by atoms with Gasteiger partial charge in [0.25, 0.3) is 0 Å². The first-order valence-electron chi connectivity index (χ1n) is 3.85. The lowest BCUT2D eigenvalue weighted by molar-refractivity contribution is -0.117. The van der Waals surface area contributed by atoms with Crippen molar-refractivity contribution >= 4 is 11.6 Å². The second-order valence-electron chi connectivity index (χ2n) is 2.64. The Morgan fingerprint density at radius 1 is 1.25 bits per heavy atom. The molecule has 0 aromatic carbocycles. The first-order valence-corrected chi connectivity index (χ1v) is 3.85. The molecule has 0 fully saturated rings. The van der Waals surface area contributed by atoms with Crippen LogP contribution in [0.2, 0.25) is 0 Å². The third-order valence-electron chi connectivity index (χ3n) is 1.70. The molecule has 0 aromatic rings. The Labute approximate surface area is 70.4 Å². The first-order chi connectivity index (χ1) is 5.66. The molecule has 3 heteroatoms. The molecule has 3 nitrogen and oxygen atoms in total. The Morgan fingerprint density at radius 3 is 2.42 bits per heavy atom. The maximum absolute atomic E-state index is 11.1. The molecule has 1 rings (SSSR count). The molecule has 0 saturated carbocycles. The zero-order valence-corrected chi connectivity index (χ0v) is 6.83. The van der Waals surface area contributed by atoms with E-state index in [0.29, 0.717) is 6.42 Å². The number of allylic oxidation sites excluding steroid dienone is 3. The van der Waals surface area contributed by atoms with Crippen LogP contribution in [0.3, 0.4) is 0 Å². The quantitative estimate of drug-likeness (QED) is 0.629. The Balaban J connectivity index is 2.97. The fraction of sp³-hybridized carbons (Fsp3) is 0.333. The van der Waals surface area contributed by atoms with Gasteiger partial charge in [0.05, 0.1) is 0 Å². The van der Waals surface area contributed by atoms with Crippen LogP contribution in [0.4, 0.5) is 0 Å². The molecule has 1 N–H and O–H groups in total. The van der Waals surface area contributed by atoms with Crippen molar-refractivity contribution in [2.75, 3.05) is 0 Å². The van der Waals surface area contributed by atoms with Crippen LogP contribution in [0.1, 0.15) is 19.8 Å². The Morgan fingerprint density at radius 2 is 1.83 bits per heavy atom. The average Bonchev–Trinajstić information content (AvgIpc) is 2.06. The highest BCUT2D eigenvalue weighted by Gasteiger charge is 2.20. The smallest absolute Gasteiger partial charge is 0.220 e. The molecule has 0 saturated heterocycles. The molecular weight excluding hydrogens is 156 g/mol. The van der Waals surface area contributed by atoms with Gasteiger partial charge in [-0.2, -0.15) is 0 Å². The van der Waals surface area contributed by atoms with Crippen LogP contribution in [0.5, 0.6) is 0 Å². The van der Waals surface area contributed by atoms with Crippen molar-refractivity contribution in [1.29, 1.82) is 0 Å². The Bertz CT molecular complexity index is 284. The molecular formula is C9H10O3. The van der Waals surface area contributed by atoms with E-state index < -0.39 is 5.78 Å². The molecule has 0 amide bonds. The maximum Gasteiger partial charge on any atom is 0.220 e. The highest BCUT2D eigenvalue weighted by molar-refractivity contribution is 6.18. The van der Waals surface area contributed by atoms with Crippen LogP contribution in [0, 0.1) is 0 Å². The van der Waals surface area contributed by atoms with Crippen LogP contribution < -0.4 is 0 Å². The molecule has 12 heavy (non-hydrogen) atoms. The third kappa shape index (κ3) is 1.44. The Kier molecular flexibility index (Phi) is 2.43. The van der Waals surface area contributed by atoms with Gasteiger partial charge >= 0.3 is 0 Å². The standard InChI is InChI=1S/C9H10O3/c1-2-3-6-7(10)4-5-8(11)9(6)12/h4-5,12H,2-3H2,1H3. The van der Waals surface area contributed by atoms with Crippen LogP contribution in [-0.2, 0) is 9.59 Å². The number of aliphatic hydroxyl groups excluding tert-OH is 1. The lowest BCUT2D eigenvalue weighted by Crippen LogP contribution is -2.14. The molecule has 64 valence electrons. The summed E-state index contributed by atoms with van der Waals surface area (Å²) in [6, 6.07) is 0. The minimum absolute atomic E-state index is 0.241. The van der Waals surface area contributed by atoms with E-state index in [4.69, 9.17) is 0 Å². The molecule has 0 aromatic heterocycles. The molecule has 1 aliphatic carbocycles. The maximum atomic E-state index is 11.1. The Hall–Kier alpha value is -1.38. The summed E-state index contributed by atoms with van der Waals surface area (Å²) in [7, 11) is 0. The molecule has 1 aliphatic rings. The lowest BCUT2D eigenvalue weighted by atomic mass is 9.98. The molecule has 0 aliphatic heterocycles. The topological polar surface area (TPSA) is 54.4 Å². The van der Waals surface area contributed by atoms with Gasteiger partial charge in [-0.25, -0.2) is 0 Å². The molecule has 0 radical (unpaired) electrons. The average molecular weight is 166 g/mol. The van der Waals surface area contributed by atoms with E-state index >= 15 is 0 Å². The lowest BCUT2D eigenvalue weighted by Gasteiger charge is -2.07. The van der Waals surface area contributed by atoms with Crippen LogP contribution >= 0.6 is 0 Å². The SMILES string of the molecule is CCCC1=C(O)C(=O)C=CC1=O. The summed E-state index contributed by atoms with van der Waals surface area (Å²) in [5.41, 5.74) is 0.241. The highest BCUT2D eigenvalue weighted by Crippen LogP contribution is 2.16. The van der Waals surface area contributed by atoms with E-state index in [0.717, 1.165) is 12.5 Å². The fourth-order valence-corrected chi connectivity index (χ4v) is 1.09. The molecule has 0 heterocycles. The summed E-state index contributed by atoms with van der Waals surface area (Å²) in [5.74, 6) is -1.11. The largest absolute Gasteiger partial charge is 0.504 e. The zero-order chi connectivity index (χ0) is 9.14. The van der Waals surface area contributed by atoms with E-state index in [-0.39, 0.29) is 17.1 Å². The number of carbonyl (C=O) groups excluding carboxylic acids is 2.